The van der Waals surface area contributed by atoms with E-state index in [4.69, 9.17) is 0 Å². The van der Waals surface area contributed by atoms with Crippen LogP contribution in [0, 0.1) is 25.0 Å². The third kappa shape index (κ3) is 3.79. The van der Waals surface area contributed by atoms with Gasteiger partial charge in [0.05, 0.1) is 16.7 Å². The summed E-state index contributed by atoms with van der Waals surface area (Å²) < 4.78 is 0.995. The van der Waals surface area contributed by atoms with Gasteiger partial charge in [-0.05, 0) is 34.7 Å². The van der Waals surface area contributed by atoms with E-state index in [9.17, 15) is 20.2 Å². The first-order chi connectivity index (χ1) is 12.5. The number of carbonyl (C=O) groups is 1. The number of benzene rings is 2. The molecule has 0 bridgehead atoms. The molecule has 6 nitrogen and oxygen atoms in total. The van der Waals surface area contributed by atoms with Crippen molar-refractivity contribution < 1.29 is 9.72 Å². The first-order valence-corrected chi connectivity index (χ1v) is 9.35. The Balaban J connectivity index is 1.91. The van der Waals surface area contributed by atoms with Crippen LogP contribution in [0.1, 0.15) is 21.3 Å². The topological polar surface area (TPSA) is 96.9 Å². The van der Waals surface area contributed by atoms with E-state index in [1.807, 2.05) is 6.07 Å². The molecule has 0 amide bonds. The second kappa shape index (κ2) is 7.72. The summed E-state index contributed by atoms with van der Waals surface area (Å²) in [7, 11) is 0. The quantitative estimate of drug-likeness (QED) is 0.228. The van der Waals surface area contributed by atoms with Gasteiger partial charge in [-0.3, -0.25) is 14.9 Å². The molecule has 3 aromatic rings. The van der Waals surface area contributed by atoms with Crippen molar-refractivity contribution in [3.05, 3.63) is 78.2 Å². The summed E-state index contributed by atoms with van der Waals surface area (Å²) in [5.41, 5.74) is 1.48. The Bertz CT molecular complexity index is 1020. The van der Waals surface area contributed by atoms with Gasteiger partial charge in [0, 0.05) is 32.2 Å². The number of halogens is 1. The lowest BCUT2D eigenvalue weighted by Gasteiger charge is -2.05. The minimum atomic E-state index is -1.01. The van der Waals surface area contributed by atoms with Crippen LogP contribution < -0.4 is 0 Å². The Morgan fingerprint density at radius 1 is 1.27 bits per heavy atom. The summed E-state index contributed by atoms with van der Waals surface area (Å²) in [5.74, 6) is -1.32. The number of thiazole rings is 1. The van der Waals surface area contributed by atoms with Gasteiger partial charge in [-0.25, -0.2) is 4.98 Å². The average Bonchev–Trinajstić information content (AvgIpc) is 3.13. The van der Waals surface area contributed by atoms with Gasteiger partial charge < -0.3 is 0 Å². The second-order valence-electron chi connectivity index (χ2n) is 5.31. The predicted molar refractivity (Wildman–Crippen MR) is 106 cm³/mol. The number of non-ortho nitro benzene ring substituents is 1. The number of nitrogens with zero attached hydrogens (tertiary/aromatic N) is 3. The summed E-state index contributed by atoms with van der Waals surface area (Å²) >= 11 is 3.33. The molecule has 0 aliphatic heterocycles. The van der Waals surface area contributed by atoms with Gasteiger partial charge >= 0.3 is 0 Å². The molecular weight excluding hydrogens is 465 g/mol. The van der Waals surface area contributed by atoms with Crippen molar-refractivity contribution in [2.75, 3.05) is 0 Å². The van der Waals surface area contributed by atoms with Crippen LogP contribution in [0.15, 0.2) is 53.9 Å². The molecule has 3 rings (SSSR count). The zero-order valence-electron chi connectivity index (χ0n) is 13.1. The third-order valence-corrected chi connectivity index (χ3v) is 5.27. The van der Waals surface area contributed by atoms with E-state index in [1.165, 1.54) is 23.5 Å². The molecule has 0 aliphatic rings. The number of hydrogen-bond donors (Lipinski definition) is 0. The van der Waals surface area contributed by atoms with Gasteiger partial charge in [0.15, 0.2) is 11.7 Å². The van der Waals surface area contributed by atoms with Crippen LogP contribution in [-0.4, -0.2) is 15.7 Å². The van der Waals surface area contributed by atoms with Crippen molar-refractivity contribution in [3.8, 4) is 17.3 Å². The zero-order chi connectivity index (χ0) is 18.7. The third-order valence-electron chi connectivity index (χ3n) is 3.64. The highest BCUT2D eigenvalue weighted by Crippen LogP contribution is 2.30. The van der Waals surface area contributed by atoms with Crippen LogP contribution in [0.2, 0.25) is 0 Å². The maximum atomic E-state index is 12.6. The van der Waals surface area contributed by atoms with Crippen molar-refractivity contribution in [2.24, 2.45) is 0 Å². The molecule has 0 spiro atoms. The highest BCUT2D eigenvalue weighted by atomic mass is 127. The summed E-state index contributed by atoms with van der Waals surface area (Å²) in [6, 6.07) is 15.1. The minimum Gasteiger partial charge on any atom is -0.292 e. The van der Waals surface area contributed by atoms with E-state index in [-0.39, 0.29) is 11.5 Å². The highest BCUT2D eigenvalue weighted by molar-refractivity contribution is 14.1. The molecule has 0 N–H and O–H groups in total. The first-order valence-electron chi connectivity index (χ1n) is 7.39. The molecule has 2 aromatic carbocycles. The molecule has 0 aliphatic carbocycles. The Morgan fingerprint density at radius 3 is 2.65 bits per heavy atom. The fourth-order valence-electron chi connectivity index (χ4n) is 2.34. The molecule has 1 heterocycles. The van der Waals surface area contributed by atoms with Crippen LogP contribution in [0.3, 0.4) is 0 Å². The lowest BCUT2D eigenvalue weighted by Crippen LogP contribution is -2.11. The fourth-order valence-corrected chi connectivity index (χ4v) is 3.57. The van der Waals surface area contributed by atoms with Crippen LogP contribution in [0.5, 0.6) is 0 Å². The van der Waals surface area contributed by atoms with Gasteiger partial charge in [-0.2, -0.15) is 5.26 Å². The smallest absolute Gasteiger partial charge is 0.270 e. The molecular formula is C18H10IN3O3S. The second-order valence-corrected chi connectivity index (χ2v) is 7.45. The van der Waals surface area contributed by atoms with Crippen molar-refractivity contribution in [1.29, 1.82) is 5.26 Å². The summed E-state index contributed by atoms with van der Waals surface area (Å²) in [4.78, 5) is 27.4. The Kier molecular flexibility index (Phi) is 5.39. The van der Waals surface area contributed by atoms with E-state index in [0.717, 1.165) is 3.57 Å². The van der Waals surface area contributed by atoms with Gasteiger partial charge in [-0.1, -0.05) is 24.3 Å². The molecule has 26 heavy (non-hydrogen) atoms. The zero-order valence-corrected chi connectivity index (χ0v) is 16.1. The van der Waals surface area contributed by atoms with Gasteiger partial charge in [-0.15, -0.1) is 11.3 Å². The molecule has 8 heteroatoms. The number of nitriles is 1. The number of ketones is 1. The van der Waals surface area contributed by atoms with Gasteiger partial charge in [0.1, 0.15) is 5.01 Å². The summed E-state index contributed by atoms with van der Waals surface area (Å²) in [6.45, 7) is 0. The summed E-state index contributed by atoms with van der Waals surface area (Å²) in [6.07, 6.45) is 0. The molecule has 0 saturated heterocycles. The number of nitro groups is 1. The fraction of sp³-hybridized carbons (Fsp3) is 0.0556. The largest absolute Gasteiger partial charge is 0.292 e. The van der Waals surface area contributed by atoms with E-state index in [1.54, 1.807) is 41.8 Å². The molecule has 0 radical (unpaired) electrons. The van der Waals surface area contributed by atoms with E-state index >= 15 is 0 Å². The van der Waals surface area contributed by atoms with E-state index < -0.39 is 10.8 Å². The molecule has 1 aromatic heterocycles. The van der Waals surface area contributed by atoms with Crippen LogP contribution in [0.25, 0.3) is 11.3 Å². The van der Waals surface area contributed by atoms with Gasteiger partial charge in [0.25, 0.3) is 5.69 Å². The number of carbonyl (C=O) groups excluding carboxylic acids is 1. The van der Waals surface area contributed by atoms with Crippen LogP contribution in [0.4, 0.5) is 5.69 Å². The van der Waals surface area contributed by atoms with E-state index in [2.05, 4.69) is 27.6 Å². The number of rotatable bonds is 5. The molecule has 0 fully saturated rings. The molecule has 1 atom stereocenters. The first kappa shape index (κ1) is 18.2. The molecule has 0 saturated carbocycles. The Labute approximate surface area is 166 Å². The molecule has 128 valence electrons. The maximum Gasteiger partial charge on any atom is 0.270 e. The monoisotopic (exact) mass is 475 g/mol. The number of hydrogen-bond acceptors (Lipinski definition) is 6. The highest BCUT2D eigenvalue weighted by Gasteiger charge is 2.25. The van der Waals surface area contributed by atoms with Crippen molar-refractivity contribution in [2.45, 2.75) is 5.92 Å². The predicted octanol–water partition coefficient (Wildman–Crippen LogP) is 4.81. The molecule has 1 unspecified atom stereocenters. The lowest BCUT2D eigenvalue weighted by molar-refractivity contribution is -0.384. The Morgan fingerprint density at radius 2 is 2.00 bits per heavy atom. The Hall–Kier alpha value is -2.64. The SMILES string of the molecule is N#CC(C(=O)c1ccc(I)cc1)c1nc(-c2cccc([N+](=O)[O-])c2)cs1. The number of aromatic nitrogens is 1. The average molecular weight is 475 g/mol. The number of Topliss-reactive ketones (excluding diaryl/α,β-unsaturated/α-hetero) is 1. The number of nitro benzene ring substituents is 1. The van der Waals surface area contributed by atoms with Crippen molar-refractivity contribution in [1.82, 2.24) is 4.98 Å². The van der Waals surface area contributed by atoms with E-state index in [0.29, 0.717) is 21.8 Å². The van der Waals surface area contributed by atoms with Gasteiger partial charge in [0.2, 0.25) is 0 Å². The standard InChI is InChI=1S/C18H10IN3O3S/c19-13-6-4-11(5-7-13)17(23)15(9-20)18-21-16(10-26-18)12-2-1-3-14(8-12)22(24)25/h1-8,10,15H. The van der Waals surface area contributed by atoms with Crippen molar-refractivity contribution >= 4 is 45.4 Å². The minimum absolute atomic E-state index is 0.0381. The van der Waals surface area contributed by atoms with Crippen molar-refractivity contribution in [3.63, 3.8) is 0 Å². The lowest BCUT2D eigenvalue weighted by atomic mass is 9.99. The normalized spacial score (nSPS) is 11.5. The van der Waals surface area contributed by atoms with Crippen LogP contribution >= 0.6 is 33.9 Å². The summed E-state index contributed by atoms with van der Waals surface area (Å²) in [5, 5.41) is 22.4. The maximum absolute atomic E-state index is 12.6. The van der Waals surface area contributed by atoms with Crippen LogP contribution in [-0.2, 0) is 0 Å².